The van der Waals surface area contributed by atoms with Gasteiger partial charge in [0.05, 0.1) is 5.60 Å². The van der Waals surface area contributed by atoms with Gasteiger partial charge >= 0.3 is 6.09 Å². The molecule has 6 heteroatoms. The Bertz CT molecular complexity index is 462. The van der Waals surface area contributed by atoms with Gasteiger partial charge in [-0.3, -0.25) is 5.32 Å². The van der Waals surface area contributed by atoms with Crippen LogP contribution in [0.4, 0.5) is 14.9 Å². The first-order valence-electron chi connectivity index (χ1n) is 6.52. The predicted octanol–water partition coefficient (Wildman–Crippen LogP) is 2.14. The molecule has 0 aromatic heterocycles. The van der Waals surface area contributed by atoms with Crippen molar-refractivity contribution < 1.29 is 18.7 Å². The highest BCUT2D eigenvalue weighted by molar-refractivity contribution is 5.84. The number of carbonyl (C=O) groups is 1. The molecule has 0 radical (unpaired) electrons. The lowest BCUT2D eigenvalue weighted by Gasteiger charge is -2.36. The summed E-state index contributed by atoms with van der Waals surface area (Å²) in [6.45, 7) is 5.54. The molecule has 20 heavy (non-hydrogen) atoms. The Morgan fingerprint density at radius 2 is 2.20 bits per heavy atom. The number of carbonyl (C=O) groups excluding carboxylic acids is 1. The van der Waals surface area contributed by atoms with E-state index in [1.54, 1.807) is 0 Å². The standard InChI is InChI=1S/C14H19FN2O3/c1-14(2)9-16-7-12(20-14)8-19-13(18)17-11-5-3-10(15)4-6-11/h3-6,12,16H,7-9H2,1-2H3,(H,17,18). The molecule has 1 heterocycles. The summed E-state index contributed by atoms with van der Waals surface area (Å²) in [5.41, 5.74) is 0.221. The maximum atomic E-state index is 12.7. The van der Waals surface area contributed by atoms with Gasteiger partial charge in [0.2, 0.25) is 0 Å². The van der Waals surface area contributed by atoms with Crippen molar-refractivity contribution in [1.82, 2.24) is 5.32 Å². The highest BCUT2D eigenvalue weighted by Gasteiger charge is 2.28. The summed E-state index contributed by atoms with van der Waals surface area (Å²) in [6.07, 6.45) is -0.749. The lowest BCUT2D eigenvalue weighted by Crippen LogP contribution is -2.52. The first kappa shape index (κ1) is 14.7. The minimum Gasteiger partial charge on any atom is -0.446 e. The van der Waals surface area contributed by atoms with Crippen LogP contribution >= 0.6 is 0 Å². The molecule has 1 saturated heterocycles. The van der Waals surface area contributed by atoms with E-state index in [2.05, 4.69) is 10.6 Å². The van der Waals surface area contributed by atoms with Crippen molar-refractivity contribution in [2.45, 2.75) is 25.6 Å². The van der Waals surface area contributed by atoms with Crippen LogP contribution in [0, 0.1) is 5.82 Å². The maximum absolute atomic E-state index is 12.7. The monoisotopic (exact) mass is 282 g/mol. The van der Waals surface area contributed by atoms with E-state index in [0.717, 1.165) is 6.54 Å². The fourth-order valence-electron chi connectivity index (χ4n) is 2.02. The SMILES string of the molecule is CC1(C)CNCC(COC(=O)Nc2ccc(F)cc2)O1. The molecule has 1 amide bonds. The summed E-state index contributed by atoms with van der Waals surface area (Å²) in [5.74, 6) is -0.354. The Morgan fingerprint density at radius 3 is 2.85 bits per heavy atom. The second-order valence-electron chi connectivity index (χ2n) is 5.36. The topological polar surface area (TPSA) is 59.6 Å². The fourth-order valence-corrected chi connectivity index (χ4v) is 2.02. The van der Waals surface area contributed by atoms with Crippen LogP contribution in [0.1, 0.15) is 13.8 Å². The van der Waals surface area contributed by atoms with Crippen LogP contribution in [-0.2, 0) is 9.47 Å². The van der Waals surface area contributed by atoms with Gasteiger partial charge in [-0.1, -0.05) is 0 Å². The normalized spacial score (nSPS) is 21.2. The van der Waals surface area contributed by atoms with Gasteiger partial charge in [0.25, 0.3) is 0 Å². The third-order valence-corrected chi connectivity index (χ3v) is 2.90. The summed E-state index contributed by atoms with van der Waals surface area (Å²) < 4.78 is 23.6. The average molecular weight is 282 g/mol. The zero-order valence-corrected chi connectivity index (χ0v) is 11.6. The van der Waals surface area contributed by atoms with Crippen molar-refractivity contribution >= 4 is 11.8 Å². The zero-order chi connectivity index (χ0) is 14.6. The van der Waals surface area contributed by atoms with Crippen molar-refractivity contribution in [3.8, 4) is 0 Å². The van der Waals surface area contributed by atoms with Crippen molar-refractivity contribution in [2.24, 2.45) is 0 Å². The van der Waals surface area contributed by atoms with E-state index in [9.17, 15) is 9.18 Å². The van der Waals surface area contributed by atoms with Crippen LogP contribution < -0.4 is 10.6 Å². The molecule has 1 aromatic carbocycles. The van der Waals surface area contributed by atoms with Crippen LogP contribution in [-0.4, -0.2) is 37.5 Å². The summed E-state index contributed by atoms with van der Waals surface area (Å²) in [5, 5.41) is 5.75. The van der Waals surface area contributed by atoms with Gasteiger partial charge in [-0.25, -0.2) is 9.18 Å². The molecule has 2 N–H and O–H groups in total. The Morgan fingerprint density at radius 1 is 1.50 bits per heavy atom. The fraction of sp³-hybridized carbons (Fsp3) is 0.500. The van der Waals surface area contributed by atoms with Crippen LogP contribution in [0.15, 0.2) is 24.3 Å². The van der Waals surface area contributed by atoms with Crippen molar-refractivity contribution in [2.75, 3.05) is 25.0 Å². The number of ether oxygens (including phenoxy) is 2. The maximum Gasteiger partial charge on any atom is 0.411 e. The summed E-state index contributed by atoms with van der Waals surface area (Å²) >= 11 is 0. The molecule has 1 atom stereocenters. The number of benzene rings is 1. The molecule has 0 aliphatic carbocycles. The number of hydrogen-bond acceptors (Lipinski definition) is 4. The van der Waals surface area contributed by atoms with E-state index in [0.29, 0.717) is 12.2 Å². The highest BCUT2D eigenvalue weighted by atomic mass is 19.1. The van der Waals surface area contributed by atoms with Crippen molar-refractivity contribution in [3.63, 3.8) is 0 Å². The van der Waals surface area contributed by atoms with E-state index < -0.39 is 6.09 Å². The molecule has 1 aliphatic rings. The Labute approximate surface area is 117 Å². The smallest absolute Gasteiger partial charge is 0.411 e. The number of anilines is 1. The molecule has 0 bridgehead atoms. The van der Waals surface area contributed by atoms with Crippen LogP contribution in [0.25, 0.3) is 0 Å². The zero-order valence-electron chi connectivity index (χ0n) is 11.6. The quantitative estimate of drug-likeness (QED) is 0.891. The molecular formula is C14H19FN2O3. The van der Waals surface area contributed by atoms with Crippen LogP contribution in [0.3, 0.4) is 0 Å². The molecule has 1 fully saturated rings. The summed E-state index contributed by atoms with van der Waals surface area (Å²) in [7, 11) is 0. The second kappa shape index (κ2) is 6.19. The number of halogens is 1. The number of rotatable bonds is 3. The first-order valence-corrected chi connectivity index (χ1v) is 6.52. The molecule has 110 valence electrons. The van der Waals surface area contributed by atoms with E-state index in [4.69, 9.17) is 9.47 Å². The minimum atomic E-state index is -0.580. The van der Waals surface area contributed by atoms with Gasteiger partial charge < -0.3 is 14.8 Å². The number of hydrogen-bond donors (Lipinski definition) is 2. The third-order valence-electron chi connectivity index (χ3n) is 2.90. The molecule has 1 aliphatic heterocycles. The minimum absolute atomic E-state index is 0.169. The third kappa shape index (κ3) is 4.47. The molecule has 0 saturated carbocycles. The molecule has 1 unspecified atom stereocenters. The van der Waals surface area contributed by atoms with Gasteiger partial charge in [-0.2, -0.15) is 0 Å². The lowest BCUT2D eigenvalue weighted by molar-refractivity contribution is -0.110. The van der Waals surface area contributed by atoms with E-state index >= 15 is 0 Å². The van der Waals surface area contributed by atoms with Gasteiger partial charge in [-0.15, -0.1) is 0 Å². The van der Waals surface area contributed by atoms with E-state index in [-0.39, 0.29) is 24.1 Å². The van der Waals surface area contributed by atoms with Gasteiger partial charge in [-0.05, 0) is 38.1 Å². The number of nitrogens with one attached hydrogen (secondary N) is 2. The first-order chi connectivity index (χ1) is 9.44. The lowest BCUT2D eigenvalue weighted by atomic mass is 10.1. The second-order valence-corrected chi connectivity index (χ2v) is 5.36. The van der Waals surface area contributed by atoms with Crippen LogP contribution in [0.2, 0.25) is 0 Å². The molecule has 0 spiro atoms. The van der Waals surface area contributed by atoms with E-state index in [1.165, 1.54) is 24.3 Å². The largest absolute Gasteiger partial charge is 0.446 e. The van der Waals surface area contributed by atoms with Crippen molar-refractivity contribution in [3.05, 3.63) is 30.1 Å². The molecule has 2 rings (SSSR count). The van der Waals surface area contributed by atoms with Crippen LogP contribution in [0.5, 0.6) is 0 Å². The van der Waals surface area contributed by atoms with Gasteiger partial charge in [0, 0.05) is 18.8 Å². The average Bonchev–Trinajstić information content (AvgIpc) is 2.38. The number of morpholine rings is 1. The Kier molecular flexibility index (Phi) is 4.57. The summed E-state index contributed by atoms with van der Waals surface area (Å²) in [6, 6.07) is 5.48. The molecule has 1 aromatic rings. The molecular weight excluding hydrogens is 263 g/mol. The Balaban J connectivity index is 1.76. The highest BCUT2D eigenvalue weighted by Crippen LogP contribution is 2.15. The number of amides is 1. The van der Waals surface area contributed by atoms with Crippen molar-refractivity contribution in [1.29, 1.82) is 0 Å². The summed E-state index contributed by atoms with van der Waals surface area (Å²) in [4.78, 5) is 11.6. The molecule has 5 nitrogen and oxygen atoms in total. The van der Waals surface area contributed by atoms with Gasteiger partial charge in [0.15, 0.2) is 0 Å². The van der Waals surface area contributed by atoms with E-state index in [1.807, 2.05) is 13.8 Å². The van der Waals surface area contributed by atoms with Gasteiger partial charge in [0.1, 0.15) is 18.5 Å². The Hall–Kier alpha value is -1.66. The predicted molar refractivity (Wildman–Crippen MR) is 73.2 cm³/mol.